The van der Waals surface area contributed by atoms with Gasteiger partial charge in [-0.2, -0.15) is 0 Å². The van der Waals surface area contributed by atoms with Crippen LogP contribution in [0.4, 0.5) is 8.78 Å². The zero-order valence-corrected chi connectivity index (χ0v) is 21.6. The van der Waals surface area contributed by atoms with Crippen LogP contribution in [0.5, 0.6) is 5.75 Å². The number of carbonyl (C=O) groups is 1. The first-order chi connectivity index (χ1) is 17.1. The number of hydrogen-bond acceptors (Lipinski definition) is 5. The van der Waals surface area contributed by atoms with Crippen molar-refractivity contribution in [2.24, 2.45) is 0 Å². The average Bonchev–Trinajstić information content (AvgIpc) is 3.70. The second kappa shape index (κ2) is 9.91. The number of piperidine rings is 1. The van der Waals surface area contributed by atoms with Gasteiger partial charge in [-0.05, 0) is 92.3 Å². The van der Waals surface area contributed by atoms with E-state index >= 15 is 0 Å². The van der Waals surface area contributed by atoms with Crippen molar-refractivity contribution >= 4 is 27.5 Å². The third-order valence-electron chi connectivity index (χ3n) is 7.05. The van der Waals surface area contributed by atoms with Crippen LogP contribution in [0.1, 0.15) is 71.5 Å². The molecule has 0 aromatic heterocycles. The van der Waals surface area contributed by atoms with E-state index in [1.54, 1.807) is 12.1 Å². The van der Waals surface area contributed by atoms with Crippen molar-refractivity contribution in [2.45, 2.75) is 69.3 Å². The number of aryl methyl sites for hydroxylation is 1. The van der Waals surface area contributed by atoms with Gasteiger partial charge in [-0.1, -0.05) is 11.6 Å². The SMILES string of the molecule is Cc1cc(Cl)c(F)c(OC2CCN(Cc3cc(F)c(C(=O)NS(=O)(=O)C4CC4)cc3C3CC3)CC2)c1. The number of rotatable bonds is 8. The molecule has 2 aliphatic carbocycles. The number of benzene rings is 2. The molecule has 1 saturated heterocycles. The molecule has 1 amide bonds. The Morgan fingerprint density at radius 2 is 1.78 bits per heavy atom. The van der Waals surface area contributed by atoms with Gasteiger partial charge in [-0.25, -0.2) is 21.9 Å². The van der Waals surface area contributed by atoms with Gasteiger partial charge in [0.15, 0.2) is 11.6 Å². The van der Waals surface area contributed by atoms with E-state index in [4.69, 9.17) is 16.3 Å². The molecule has 0 radical (unpaired) electrons. The summed E-state index contributed by atoms with van der Waals surface area (Å²) >= 11 is 5.94. The Morgan fingerprint density at radius 1 is 1.08 bits per heavy atom. The minimum atomic E-state index is -3.75. The van der Waals surface area contributed by atoms with Crippen LogP contribution in [-0.4, -0.2) is 43.7 Å². The van der Waals surface area contributed by atoms with Gasteiger partial charge in [-0.3, -0.25) is 9.69 Å². The van der Waals surface area contributed by atoms with Crippen LogP contribution in [-0.2, 0) is 16.6 Å². The highest BCUT2D eigenvalue weighted by atomic mass is 35.5. The molecule has 0 unspecified atom stereocenters. The van der Waals surface area contributed by atoms with E-state index in [0.29, 0.717) is 45.3 Å². The highest BCUT2D eigenvalue weighted by Crippen LogP contribution is 2.43. The molecule has 5 rings (SSSR count). The molecule has 36 heavy (non-hydrogen) atoms. The summed E-state index contributed by atoms with van der Waals surface area (Å²) in [5.74, 6) is -1.77. The Labute approximate surface area is 215 Å². The molecule has 2 aromatic rings. The summed E-state index contributed by atoms with van der Waals surface area (Å²) in [6.45, 7) is 3.74. The van der Waals surface area contributed by atoms with Gasteiger partial charge < -0.3 is 4.74 Å². The number of carbonyl (C=O) groups excluding carboxylic acids is 1. The number of halogens is 3. The zero-order valence-electron chi connectivity index (χ0n) is 20.0. The number of amides is 1. The van der Waals surface area contributed by atoms with Crippen LogP contribution in [0.25, 0.3) is 0 Å². The minimum Gasteiger partial charge on any atom is -0.487 e. The number of ether oxygens (including phenoxy) is 1. The van der Waals surface area contributed by atoms with Gasteiger partial charge in [0.1, 0.15) is 11.9 Å². The zero-order chi connectivity index (χ0) is 25.6. The summed E-state index contributed by atoms with van der Waals surface area (Å²) in [6, 6.07) is 6.11. The van der Waals surface area contributed by atoms with Crippen LogP contribution >= 0.6 is 11.6 Å². The lowest BCUT2D eigenvalue weighted by atomic mass is 9.97. The highest BCUT2D eigenvalue weighted by molar-refractivity contribution is 7.91. The molecule has 0 spiro atoms. The number of nitrogens with one attached hydrogen (secondary N) is 1. The molecule has 3 aliphatic rings. The number of likely N-dealkylation sites (tertiary alicyclic amines) is 1. The van der Waals surface area contributed by atoms with Crippen LogP contribution in [0.3, 0.4) is 0 Å². The van der Waals surface area contributed by atoms with Gasteiger partial charge in [0.2, 0.25) is 10.0 Å². The number of nitrogens with zero attached hydrogens (tertiary/aromatic N) is 1. The normalized spacial score (nSPS) is 19.3. The van der Waals surface area contributed by atoms with E-state index < -0.39 is 32.8 Å². The molecule has 1 aliphatic heterocycles. The van der Waals surface area contributed by atoms with Crippen LogP contribution in [0.2, 0.25) is 5.02 Å². The van der Waals surface area contributed by atoms with Crippen molar-refractivity contribution in [2.75, 3.05) is 13.1 Å². The lowest BCUT2D eigenvalue weighted by Gasteiger charge is -2.33. The summed E-state index contributed by atoms with van der Waals surface area (Å²) in [6.07, 6.45) is 4.19. The van der Waals surface area contributed by atoms with Gasteiger partial charge in [0.05, 0.1) is 15.8 Å². The summed E-state index contributed by atoms with van der Waals surface area (Å²) in [5.41, 5.74) is 2.31. The van der Waals surface area contributed by atoms with Crippen molar-refractivity contribution in [1.29, 1.82) is 0 Å². The fourth-order valence-corrected chi connectivity index (χ4v) is 6.30. The predicted molar refractivity (Wildman–Crippen MR) is 133 cm³/mol. The minimum absolute atomic E-state index is 0.0411. The molecule has 10 heteroatoms. The molecule has 6 nitrogen and oxygen atoms in total. The summed E-state index contributed by atoms with van der Waals surface area (Å²) in [4.78, 5) is 14.8. The molecule has 0 atom stereocenters. The quantitative estimate of drug-likeness (QED) is 0.508. The fourth-order valence-electron chi connectivity index (χ4n) is 4.75. The molecule has 2 aromatic carbocycles. The largest absolute Gasteiger partial charge is 0.487 e. The van der Waals surface area contributed by atoms with E-state index in [0.717, 1.165) is 29.5 Å². The van der Waals surface area contributed by atoms with E-state index in [2.05, 4.69) is 4.90 Å². The second-order valence-electron chi connectivity index (χ2n) is 10.1. The fraction of sp³-hybridized carbons (Fsp3) is 0.500. The molecular formula is C26H29ClF2N2O4S. The number of sulfonamides is 1. The van der Waals surface area contributed by atoms with Crippen molar-refractivity contribution in [3.8, 4) is 5.75 Å². The molecule has 1 heterocycles. The van der Waals surface area contributed by atoms with Crippen molar-refractivity contribution in [3.63, 3.8) is 0 Å². The van der Waals surface area contributed by atoms with Gasteiger partial charge in [0.25, 0.3) is 5.91 Å². The van der Waals surface area contributed by atoms with E-state index in [1.165, 1.54) is 12.1 Å². The third kappa shape index (κ3) is 5.68. The first-order valence-corrected chi connectivity index (χ1v) is 14.3. The lowest BCUT2D eigenvalue weighted by molar-refractivity contribution is 0.0931. The van der Waals surface area contributed by atoms with E-state index in [-0.39, 0.29) is 28.4 Å². The van der Waals surface area contributed by atoms with Crippen molar-refractivity contribution in [1.82, 2.24) is 9.62 Å². The van der Waals surface area contributed by atoms with Gasteiger partial charge >= 0.3 is 0 Å². The summed E-state index contributed by atoms with van der Waals surface area (Å²) in [5, 5.41) is -0.516. The third-order valence-corrected chi connectivity index (χ3v) is 9.14. The monoisotopic (exact) mass is 538 g/mol. The standard InChI is InChI=1S/C26H29ClF2N2O4S/c1-15-10-22(27)25(29)24(11-15)35-18-6-8-31(9-7-18)14-17-12-23(28)21(13-20(17)16-2-3-16)26(32)30-36(33,34)19-4-5-19/h10-13,16,18-19H,2-9,14H2,1H3,(H,30,32). The Balaban J connectivity index is 1.24. The van der Waals surface area contributed by atoms with Gasteiger partial charge in [-0.15, -0.1) is 0 Å². The number of hydrogen-bond donors (Lipinski definition) is 1. The topological polar surface area (TPSA) is 75.7 Å². The predicted octanol–water partition coefficient (Wildman–Crippen LogP) is 5.07. The molecule has 1 N–H and O–H groups in total. The molecular weight excluding hydrogens is 510 g/mol. The molecule has 3 fully saturated rings. The first-order valence-electron chi connectivity index (χ1n) is 12.3. The Hall–Kier alpha value is -2.23. The highest BCUT2D eigenvalue weighted by Gasteiger charge is 2.38. The van der Waals surface area contributed by atoms with Gasteiger partial charge in [0, 0.05) is 19.6 Å². The average molecular weight is 539 g/mol. The maximum Gasteiger partial charge on any atom is 0.267 e. The summed E-state index contributed by atoms with van der Waals surface area (Å²) in [7, 11) is -3.75. The molecule has 0 bridgehead atoms. The molecule has 2 saturated carbocycles. The first kappa shape index (κ1) is 25.4. The second-order valence-corrected chi connectivity index (χ2v) is 12.5. The van der Waals surface area contributed by atoms with E-state index in [9.17, 15) is 22.0 Å². The smallest absolute Gasteiger partial charge is 0.267 e. The van der Waals surface area contributed by atoms with Crippen LogP contribution in [0, 0.1) is 18.6 Å². The summed E-state index contributed by atoms with van der Waals surface area (Å²) < 4.78 is 61.5. The van der Waals surface area contributed by atoms with Crippen LogP contribution in [0.15, 0.2) is 24.3 Å². The van der Waals surface area contributed by atoms with Crippen molar-refractivity contribution < 1.29 is 26.7 Å². The van der Waals surface area contributed by atoms with Crippen LogP contribution < -0.4 is 9.46 Å². The maximum absolute atomic E-state index is 15.0. The Kier molecular flexibility index (Phi) is 7.00. The Bertz CT molecular complexity index is 1290. The maximum atomic E-state index is 15.0. The Morgan fingerprint density at radius 3 is 2.42 bits per heavy atom. The van der Waals surface area contributed by atoms with Crippen molar-refractivity contribution in [3.05, 3.63) is 63.2 Å². The lowest BCUT2D eigenvalue weighted by Crippen LogP contribution is -2.38. The molecule has 194 valence electrons. The van der Waals surface area contributed by atoms with E-state index in [1.807, 2.05) is 11.6 Å².